The van der Waals surface area contributed by atoms with Gasteiger partial charge in [-0.1, -0.05) is 17.7 Å². The number of ether oxygens (including phenoxy) is 1. The third-order valence-corrected chi connectivity index (χ3v) is 6.42. The molecule has 4 rings (SSSR count). The lowest BCUT2D eigenvalue weighted by Crippen LogP contribution is -2.06. The summed E-state index contributed by atoms with van der Waals surface area (Å²) in [7, 11) is 0. The van der Waals surface area contributed by atoms with Crippen LogP contribution < -0.4 is 4.74 Å². The number of fused-ring (bicyclic) bond motifs is 5. The molecule has 2 heteroatoms. The summed E-state index contributed by atoms with van der Waals surface area (Å²) >= 11 is 6.90. The van der Waals surface area contributed by atoms with E-state index < -0.39 is 0 Å². The lowest BCUT2D eigenvalue weighted by molar-refractivity contribution is 0.333. The van der Waals surface area contributed by atoms with Crippen LogP contribution in [0.2, 0.25) is 0 Å². The number of hydrogen-bond acceptors (Lipinski definition) is 1. The first-order valence-corrected chi connectivity index (χ1v) is 8.51. The summed E-state index contributed by atoms with van der Waals surface area (Å²) in [5, 5.41) is 0.148. The van der Waals surface area contributed by atoms with Gasteiger partial charge in [0.1, 0.15) is 5.75 Å². The molecule has 1 aromatic rings. The molecule has 3 saturated carbocycles. The molecule has 0 heterocycles. The van der Waals surface area contributed by atoms with Gasteiger partial charge in [-0.2, -0.15) is 0 Å². The molecule has 20 heavy (non-hydrogen) atoms. The Hall–Kier alpha value is -0.690. The Morgan fingerprint density at radius 1 is 1.25 bits per heavy atom. The Morgan fingerprint density at radius 3 is 2.60 bits per heavy atom. The fourth-order valence-electron chi connectivity index (χ4n) is 5.16. The number of benzene rings is 1. The number of aryl methyl sites for hydroxylation is 1. The molecule has 5 unspecified atom stereocenters. The van der Waals surface area contributed by atoms with E-state index in [0.29, 0.717) is 12.5 Å². The minimum Gasteiger partial charge on any atom is -0.494 e. The second-order valence-electron chi connectivity index (χ2n) is 6.94. The monoisotopic (exact) mass is 290 g/mol. The summed E-state index contributed by atoms with van der Waals surface area (Å²) in [6.07, 6.45) is 4.40. The Bertz CT molecular complexity index is 510. The summed E-state index contributed by atoms with van der Waals surface area (Å²) in [6, 6.07) is 6.45. The molecule has 0 amide bonds. The predicted molar refractivity (Wildman–Crippen MR) is 82.2 cm³/mol. The minimum atomic E-state index is 0.148. The maximum absolute atomic E-state index is 6.90. The van der Waals surface area contributed by atoms with Crippen LogP contribution in [0.15, 0.2) is 18.2 Å². The van der Waals surface area contributed by atoms with Gasteiger partial charge in [-0.05, 0) is 68.8 Å². The molecule has 3 aliphatic carbocycles. The Balaban J connectivity index is 1.60. The molecule has 1 nitrogen and oxygen atoms in total. The summed E-state index contributed by atoms with van der Waals surface area (Å²) in [6.45, 7) is 4.89. The molecule has 0 saturated heterocycles. The standard InChI is InChI=1S/C18H23ClO/c1-3-20-14-7-4-10(2)8-13(14)18(19)17-15-11-5-6-12(9-11)16(15)17/h4,7-8,11-12,15-18H,3,5-6,9H2,1-2H3. The van der Waals surface area contributed by atoms with Crippen molar-refractivity contribution in [3.05, 3.63) is 29.3 Å². The third-order valence-electron chi connectivity index (χ3n) is 5.90. The highest BCUT2D eigenvalue weighted by Gasteiger charge is 2.66. The molecule has 5 atom stereocenters. The van der Waals surface area contributed by atoms with Crippen molar-refractivity contribution in [2.24, 2.45) is 29.6 Å². The third kappa shape index (κ3) is 1.82. The van der Waals surface area contributed by atoms with Crippen molar-refractivity contribution < 1.29 is 4.74 Å². The molecule has 0 spiro atoms. The van der Waals surface area contributed by atoms with Crippen LogP contribution in [0.5, 0.6) is 5.75 Å². The van der Waals surface area contributed by atoms with Crippen LogP contribution in [-0.2, 0) is 0 Å². The van der Waals surface area contributed by atoms with E-state index in [-0.39, 0.29) is 5.38 Å². The number of halogens is 1. The summed E-state index contributed by atoms with van der Waals surface area (Å²) < 4.78 is 5.80. The summed E-state index contributed by atoms with van der Waals surface area (Å²) in [5.74, 6) is 5.52. The first-order valence-electron chi connectivity index (χ1n) is 8.08. The second kappa shape index (κ2) is 4.66. The Kier molecular flexibility index (Phi) is 3.03. The Labute approximate surface area is 126 Å². The maximum Gasteiger partial charge on any atom is 0.123 e. The van der Waals surface area contributed by atoms with Crippen molar-refractivity contribution in [1.82, 2.24) is 0 Å². The van der Waals surface area contributed by atoms with Crippen LogP contribution in [0.25, 0.3) is 0 Å². The topological polar surface area (TPSA) is 9.23 Å². The zero-order chi connectivity index (χ0) is 13.9. The van der Waals surface area contributed by atoms with Crippen molar-refractivity contribution in [3.63, 3.8) is 0 Å². The second-order valence-corrected chi connectivity index (χ2v) is 7.41. The number of hydrogen-bond donors (Lipinski definition) is 0. The molecule has 0 aromatic heterocycles. The van der Waals surface area contributed by atoms with Gasteiger partial charge >= 0.3 is 0 Å². The van der Waals surface area contributed by atoms with Crippen molar-refractivity contribution in [2.45, 2.75) is 38.5 Å². The van der Waals surface area contributed by atoms with Crippen molar-refractivity contribution >= 4 is 11.6 Å². The molecule has 0 N–H and O–H groups in total. The minimum absolute atomic E-state index is 0.148. The SMILES string of the molecule is CCOc1ccc(C)cc1C(Cl)C1C2C3CCC(C3)C21. The van der Waals surface area contributed by atoms with E-state index in [9.17, 15) is 0 Å². The van der Waals surface area contributed by atoms with Crippen LogP contribution in [-0.4, -0.2) is 6.61 Å². The zero-order valence-corrected chi connectivity index (χ0v) is 13.1. The quantitative estimate of drug-likeness (QED) is 0.712. The first-order chi connectivity index (χ1) is 9.70. The van der Waals surface area contributed by atoms with Crippen LogP contribution in [0.3, 0.4) is 0 Å². The average Bonchev–Trinajstić information content (AvgIpc) is 2.88. The molecular formula is C18H23ClO. The van der Waals surface area contributed by atoms with E-state index in [0.717, 1.165) is 29.4 Å². The van der Waals surface area contributed by atoms with Crippen molar-refractivity contribution in [3.8, 4) is 5.75 Å². The van der Waals surface area contributed by atoms with E-state index in [2.05, 4.69) is 25.1 Å². The van der Waals surface area contributed by atoms with Gasteiger partial charge in [0.05, 0.1) is 12.0 Å². The smallest absolute Gasteiger partial charge is 0.123 e. The van der Waals surface area contributed by atoms with E-state index in [4.69, 9.17) is 16.3 Å². The maximum atomic E-state index is 6.90. The van der Waals surface area contributed by atoms with Crippen molar-refractivity contribution in [2.75, 3.05) is 6.61 Å². The van der Waals surface area contributed by atoms with Gasteiger partial charge in [-0.25, -0.2) is 0 Å². The largest absolute Gasteiger partial charge is 0.494 e. The number of rotatable bonds is 4. The fourth-order valence-corrected chi connectivity index (χ4v) is 5.67. The first kappa shape index (κ1) is 13.0. The highest BCUT2D eigenvalue weighted by Crippen LogP contribution is 2.73. The zero-order valence-electron chi connectivity index (χ0n) is 12.3. The van der Waals surface area contributed by atoms with Crippen molar-refractivity contribution in [1.29, 1.82) is 0 Å². The van der Waals surface area contributed by atoms with Gasteiger partial charge in [0.25, 0.3) is 0 Å². The summed E-state index contributed by atoms with van der Waals surface area (Å²) in [5.41, 5.74) is 2.51. The average molecular weight is 291 g/mol. The van der Waals surface area contributed by atoms with Gasteiger partial charge < -0.3 is 4.74 Å². The van der Waals surface area contributed by atoms with E-state index in [1.54, 1.807) is 0 Å². The Morgan fingerprint density at radius 2 is 1.95 bits per heavy atom. The molecular weight excluding hydrogens is 268 g/mol. The molecule has 0 aliphatic heterocycles. The highest BCUT2D eigenvalue weighted by molar-refractivity contribution is 6.21. The predicted octanol–water partition coefficient (Wildman–Crippen LogP) is 4.97. The van der Waals surface area contributed by atoms with E-state index >= 15 is 0 Å². The van der Waals surface area contributed by atoms with E-state index in [1.807, 2.05) is 6.92 Å². The summed E-state index contributed by atoms with van der Waals surface area (Å²) in [4.78, 5) is 0. The van der Waals surface area contributed by atoms with E-state index in [1.165, 1.54) is 30.4 Å². The highest BCUT2D eigenvalue weighted by atomic mass is 35.5. The lowest BCUT2D eigenvalue weighted by atomic mass is 9.95. The molecule has 2 bridgehead atoms. The molecule has 1 aromatic carbocycles. The van der Waals surface area contributed by atoms with Crippen LogP contribution >= 0.6 is 11.6 Å². The normalized spacial score (nSPS) is 38.6. The van der Waals surface area contributed by atoms with Gasteiger partial charge in [0.15, 0.2) is 0 Å². The van der Waals surface area contributed by atoms with Gasteiger partial charge in [0.2, 0.25) is 0 Å². The van der Waals surface area contributed by atoms with Crippen LogP contribution in [0.4, 0.5) is 0 Å². The number of alkyl halides is 1. The fraction of sp³-hybridized carbons (Fsp3) is 0.667. The van der Waals surface area contributed by atoms with Crippen LogP contribution in [0.1, 0.15) is 42.7 Å². The molecule has 108 valence electrons. The molecule has 3 fully saturated rings. The van der Waals surface area contributed by atoms with Gasteiger partial charge in [0, 0.05) is 5.56 Å². The van der Waals surface area contributed by atoms with Gasteiger partial charge in [-0.3, -0.25) is 0 Å². The lowest BCUT2D eigenvalue weighted by Gasteiger charge is -2.18. The van der Waals surface area contributed by atoms with Crippen LogP contribution in [0, 0.1) is 36.5 Å². The van der Waals surface area contributed by atoms with Gasteiger partial charge in [-0.15, -0.1) is 11.6 Å². The molecule has 3 aliphatic rings. The molecule has 0 radical (unpaired) electrons.